The Kier molecular flexibility index (Phi) is 8.57. The van der Waals surface area contributed by atoms with Crippen molar-refractivity contribution in [2.75, 3.05) is 4.90 Å². The summed E-state index contributed by atoms with van der Waals surface area (Å²) in [6.07, 6.45) is 0. The fourth-order valence-electron chi connectivity index (χ4n) is 9.58. The minimum atomic E-state index is -0.102. The predicted molar refractivity (Wildman–Crippen MR) is 255 cm³/mol. The molecule has 0 saturated carbocycles. The number of rotatable bonds is 7. The summed E-state index contributed by atoms with van der Waals surface area (Å²) in [5.41, 5.74) is 18.0. The van der Waals surface area contributed by atoms with E-state index in [0.29, 0.717) is 0 Å². The van der Waals surface area contributed by atoms with Gasteiger partial charge in [-0.2, -0.15) is 0 Å². The molecule has 0 unspecified atom stereocenters. The maximum Gasteiger partial charge on any atom is 0.0546 e. The monoisotopic (exact) mass is 765 g/mol. The quantitative estimate of drug-likeness (QED) is 0.156. The van der Waals surface area contributed by atoms with Crippen LogP contribution in [-0.4, -0.2) is 0 Å². The molecule has 10 aromatic rings. The van der Waals surface area contributed by atoms with Crippen molar-refractivity contribution in [2.45, 2.75) is 19.3 Å². The molecule has 0 atom stereocenters. The molecule has 1 aliphatic rings. The van der Waals surface area contributed by atoms with E-state index in [-0.39, 0.29) is 5.41 Å². The molecule has 0 spiro atoms. The largest absolute Gasteiger partial charge is 0.310 e. The summed E-state index contributed by atoms with van der Waals surface area (Å²) in [5.74, 6) is 0. The first kappa shape index (κ1) is 35.7. The molecule has 0 aromatic heterocycles. The Morgan fingerprint density at radius 2 is 0.833 bits per heavy atom. The van der Waals surface area contributed by atoms with Gasteiger partial charge in [0, 0.05) is 22.4 Å². The van der Waals surface area contributed by atoms with E-state index in [1.807, 2.05) is 0 Å². The third-order valence-corrected chi connectivity index (χ3v) is 12.6. The zero-order valence-electron chi connectivity index (χ0n) is 33.8. The van der Waals surface area contributed by atoms with Crippen molar-refractivity contribution < 1.29 is 0 Å². The summed E-state index contributed by atoms with van der Waals surface area (Å²) >= 11 is 0. The molecule has 1 nitrogen and oxygen atoms in total. The molecule has 11 rings (SSSR count). The first-order valence-electron chi connectivity index (χ1n) is 20.9. The van der Waals surface area contributed by atoms with Gasteiger partial charge in [-0.15, -0.1) is 0 Å². The Hall–Kier alpha value is -7.48. The zero-order valence-corrected chi connectivity index (χ0v) is 33.8. The van der Waals surface area contributed by atoms with Crippen LogP contribution in [0.3, 0.4) is 0 Å². The van der Waals surface area contributed by atoms with Crippen LogP contribution in [0.15, 0.2) is 224 Å². The van der Waals surface area contributed by atoms with Crippen LogP contribution in [0.4, 0.5) is 17.1 Å². The van der Waals surface area contributed by atoms with E-state index >= 15 is 0 Å². The lowest BCUT2D eigenvalue weighted by Crippen LogP contribution is -2.15. The SMILES string of the molecule is CC1(C)c2ccccc2-c2cc(N(c3cc(-c4ccccc4)cc(-c4ccccc4)c3)c3cccc(-c4ccc5ccccc5c4)c3-c3ccc4ccccc4c3)ccc21. The predicted octanol–water partition coefficient (Wildman–Crippen LogP) is 16.4. The molecule has 0 aliphatic heterocycles. The van der Waals surface area contributed by atoms with E-state index in [0.717, 1.165) is 17.1 Å². The van der Waals surface area contributed by atoms with Crippen LogP contribution >= 0.6 is 0 Å². The fraction of sp³-hybridized carbons (Fsp3) is 0.0508. The van der Waals surface area contributed by atoms with Gasteiger partial charge >= 0.3 is 0 Å². The second kappa shape index (κ2) is 14.4. The van der Waals surface area contributed by atoms with Gasteiger partial charge in [0.05, 0.1) is 5.69 Å². The van der Waals surface area contributed by atoms with Gasteiger partial charge in [-0.3, -0.25) is 0 Å². The Balaban J connectivity index is 1.23. The molecular weight excluding hydrogens is 723 g/mol. The normalized spacial score (nSPS) is 12.6. The van der Waals surface area contributed by atoms with E-state index in [1.54, 1.807) is 0 Å². The van der Waals surface area contributed by atoms with E-state index in [4.69, 9.17) is 0 Å². The third-order valence-electron chi connectivity index (χ3n) is 12.6. The highest BCUT2D eigenvalue weighted by atomic mass is 15.1. The number of hydrogen-bond acceptors (Lipinski definition) is 1. The van der Waals surface area contributed by atoms with Gasteiger partial charge < -0.3 is 4.90 Å². The van der Waals surface area contributed by atoms with Crippen LogP contribution in [0.2, 0.25) is 0 Å². The molecule has 0 N–H and O–H groups in total. The van der Waals surface area contributed by atoms with E-state index in [9.17, 15) is 0 Å². The Bertz CT molecular complexity index is 3170. The fourth-order valence-corrected chi connectivity index (χ4v) is 9.58. The second-order valence-corrected chi connectivity index (χ2v) is 16.6. The van der Waals surface area contributed by atoms with Gasteiger partial charge in [-0.25, -0.2) is 0 Å². The van der Waals surface area contributed by atoms with Gasteiger partial charge in [0.15, 0.2) is 0 Å². The molecule has 0 amide bonds. The minimum Gasteiger partial charge on any atom is -0.310 e. The molecule has 1 aliphatic carbocycles. The molecule has 0 fully saturated rings. The van der Waals surface area contributed by atoms with Gasteiger partial charge in [0.25, 0.3) is 0 Å². The van der Waals surface area contributed by atoms with Crippen molar-refractivity contribution in [1.82, 2.24) is 0 Å². The highest BCUT2D eigenvalue weighted by molar-refractivity contribution is 6.02. The van der Waals surface area contributed by atoms with Gasteiger partial charge in [0.2, 0.25) is 0 Å². The van der Waals surface area contributed by atoms with Crippen LogP contribution < -0.4 is 4.90 Å². The first-order chi connectivity index (χ1) is 29.5. The Morgan fingerprint density at radius 1 is 0.300 bits per heavy atom. The van der Waals surface area contributed by atoms with Crippen LogP contribution in [0.25, 0.3) is 77.2 Å². The summed E-state index contributed by atoms with van der Waals surface area (Å²) in [7, 11) is 0. The summed E-state index contributed by atoms with van der Waals surface area (Å²) in [4.78, 5) is 2.52. The van der Waals surface area contributed by atoms with Crippen LogP contribution in [0.1, 0.15) is 25.0 Å². The maximum atomic E-state index is 2.52. The highest BCUT2D eigenvalue weighted by Gasteiger charge is 2.36. The topological polar surface area (TPSA) is 3.24 Å². The highest BCUT2D eigenvalue weighted by Crippen LogP contribution is 2.52. The molecule has 1 heteroatoms. The van der Waals surface area contributed by atoms with Crippen molar-refractivity contribution in [3.63, 3.8) is 0 Å². The standard InChI is InChI=1S/C59H43N/c1-59(2)55-26-14-13-24-53(55)54-39-50(32-33-56(54)59)60(51-37-48(40-16-5-3-6-17-40)36-49(38-51)41-18-7-4-8-19-41)57-27-15-25-52(46-30-28-42-20-9-11-22-44(42)34-46)58(57)47-31-29-43-21-10-12-23-45(43)35-47/h3-39H,1-2H3. The summed E-state index contributed by atoms with van der Waals surface area (Å²) < 4.78 is 0. The number of nitrogens with zero attached hydrogens (tertiary/aromatic N) is 1. The number of fused-ring (bicyclic) bond motifs is 5. The molecular formula is C59H43N. The number of hydrogen-bond donors (Lipinski definition) is 0. The summed E-state index contributed by atoms with van der Waals surface area (Å²) in [6.45, 7) is 4.71. The van der Waals surface area contributed by atoms with E-state index in [2.05, 4.69) is 243 Å². The van der Waals surface area contributed by atoms with Gasteiger partial charge in [-0.1, -0.05) is 190 Å². The van der Waals surface area contributed by atoms with Crippen molar-refractivity contribution in [2.24, 2.45) is 0 Å². The van der Waals surface area contributed by atoms with Gasteiger partial charge in [0.1, 0.15) is 0 Å². The first-order valence-corrected chi connectivity index (χ1v) is 20.9. The lowest BCUT2D eigenvalue weighted by Gasteiger charge is -2.31. The lowest BCUT2D eigenvalue weighted by molar-refractivity contribution is 0.660. The van der Waals surface area contributed by atoms with Crippen molar-refractivity contribution in [1.29, 1.82) is 0 Å². The van der Waals surface area contributed by atoms with Crippen LogP contribution in [0, 0.1) is 0 Å². The van der Waals surface area contributed by atoms with Gasteiger partial charge in [-0.05, 0) is 131 Å². The van der Waals surface area contributed by atoms with Crippen molar-refractivity contribution >= 4 is 38.6 Å². The Morgan fingerprint density at radius 3 is 1.50 bits per heavy atom. The molecule has 0 radical (unpaired) electrons. The molecule has 0 heterocycles. The van der Waals surface area contributed by atoms with E-state index in [1.165, 1.54) is 88.3 Å². The molecule has 0 bridgehead atoms. The Labute approximate surface area is 352 Å². The zero-order chi connectivity index (χ0) is 40.2. The summed E-state index contributed by atoms with van der Waals surface area (Å²) in [6, 6.07) is 82.8. The maximum absolute atomic E-state index is 2.52. The summed E-state index contributed by atoms with van der Waals surface area (Å²) in [5, 5.41) is 4.91. The molecule has 0 saturated heterocycles. The van der Waals surface area contributed by atoms with E-state index < -0.39 is 0 Å². The molecule has 284 valence electrons. The van der Waals surface area contributed by atoms with Crippen LogP contribution in [0.5, 0.6) is 0 Å². The van der Waals surface area contributed by atoms with Crippen molar-refractivity contribution in [3.05, 3.63) is 236 Å². The number of anilines is 3. The molecule has 10 aromatic carbocycles. The number of benzene rings is 10. The average Bonchev–Trinajstić information content (AvgIpc) is 3.54. The smallest absolute Gasteiger partial charge is 0.0546 e. The second-order valence-electron chi connectivity index (χ2n) is 16.6. The third kappa shape index (κ3) is 6.10. The minimum absolute atomic E-state index is 0.102. The average molecular weight is 766 g/mol. The lowest BCUT2D eigenvalue weighted by atomic mass is 9.82. The van der Waals surface area contributed by atoms with Crippen LogP contribution in [-0.2, 0) is 5.41 Å². The van der Waals surface area contributed by atoms with Crippen molar-refractivity contribution in [3.8, 4) is 55.6 Å². The molecule has 60 heavy (non-hydrogen) atoms.